The Morgan fingerprint density at radius 3 is 2.94 bits per heavy atom. The molecule has 0 bridgehead atoms. The van der Waals surface area contributed by atoms with E-state index in [0.29, 0.717) is 16.6 Å². The fourth-order valence-electron chi connectivity index (χ4n) is 1.43. The number of nitrogens with zero attached hydrogens (tertiary/aromatic N) is 2. The van der Waals surface area contributed by atoms with Crippen LogP contribution in [0.4, 0.5) is 5.69 Å². The Labute approximate surface area is 102 Å². The van der Waals surface area contributed by atoms with Crippen LogP contribution in [0.15, 0.2) is 16.7 Å². The average Bonchev–Trinajstić information content (AvgIpc) is 2.20. The number of aromatic nitrogens is 1. The summed E-state index contributed by atoms with van der Waals surface area (Å²) < 4.78 is 0.563. The topological polar surface area (TPSA) is 76.3 Å². The van der Waals surface area contributed by atoms with Gasteiger partial charge in [0.05, 0.1) is 11.0 Å². The van der Waals surface area contributed by atoms with E-state index in [0.717, 1.165) is 6.42 Å². The molecule has 0 radical (unpaired) electrons. The minimum absolute atomic E-state index is 0.0514. The summed E-state index contributed by atoms with van der Waals surface area (Å²) in [6.07, 6.45) is 2.61. The number of aliphatic hydroxyl groups is 1. The zero-order chi connectivity index (χ0) is 12.1. The lowest BCUT2D eigenvalue weighted by Crippen LogP contribution is -2.12. The second-order valence-electron chi connectivity index (χ2n) is 3.52. The summed E-state index contributed by atoms with van der Waals surface area (Å²) in [5, 5.41) is 20.4. The third-order valence-electron chi connectivity index (χ3n) is 2.16. The second-order valence-corrected chi connectivity index (χ2v) is 4.44. The van der Waals surface area contributed by atoms with Crippen molar-refractivity contribution < 1.29 is 10.0 Å². The Bertz CT molecular complexity index is 384. The molecule has 5 nitrogen and oxygen atoms in total. The van der Waals surface area contributed by atoms with Gasteiger partial charge in [0.25, 0.3) is 5.69 Å². The van der Waals surface area contributed by atoms with Crippen molar-refractivity contribution in [1.82, 2.24) is 4.98 Å². The van der Waals surface area contributed by atoms with Gasteiger partial charge in [-0.15, -0.1) is 0 Å². The summed E-state index contributed by atoms with van der Waals surface area (Å²) in [4.78, 5) is 14.3. The summed E-state index contributed by atoms with van der Waals surface area (Å²) in [6.45, 7) is 1.95. The van der Waals surface area contributed by atoms with E-state index in [1.165, 1.54) is 12.3 Å². The summed E-state index contributed by atoms with van der Waals surface area (Å²) in [5.74, 6) is 0. The van der Waals surface area contributed by atoms with Gasteiger partial charge in [0.1, 0.15) is 5.69 Å². The maximum atomic E-state index is 10.8. The molecule has 0 aliphatic carbocycles. The Balaban J connectivity index is 2.90. The maximum absolute atomic E-state index is 10.8. The molecule has 1 heterocycles. The van der Waals surface area contributed by atoms with Crippen molar-refractivity contribution in [2.75, 3.05) is 0 Å². The third-order valence-corrected chi connectivity index (χ3v) is 2.60. The molecule has 1 N–H and O–H groups in total. The van der Waals surface area contributed by atoms with Crippen LogP contribution in [0.1, 0.15) is 25.5 Å². The highest BCUT2D eigenvalue weighted by atomic mass is 79.9. The smallest absolute Gasteiger partial charge is 0.291 e. The van der Waals surface area contributed by atoms with Gasteiger partial charge in [0.15, 0.2) is 0 Å². The first kappa shape index (κ1) is 13.1. The molecule has 88 valence electrons. The normalized spacial score (nSPS) is 12.4. The lowest BCUT2D eigenvalue weighted by atomic mass is 10.1. The van der Waals surface area contributed by atoms with Gasteiger partial charge in [-0.3, -0.25) is 15.1 Å². The molecule has 0 aliphatic rings. The summed E-state index contributed by atoms with van der Waals surface area (Å²) in [7, 11) is 0. The monoisotopic (exact) mass is 288 g/mol. The van der Waals surface area contributed by atoms with Crippen molar-refractivity contribution in [3.63, 3.8) is 0 Å². The molecule has 0 spiro atoms. The van der Waals surface area contributed by atoms with Crippen molar-refractivity contribution >= 4 is 21.6 Å². The molecule has 1 unspecified atom stereocenters. The van der Waals surface area contributed by atoms with Gasteiger partial charge in [0, 0.05) is 23.2 Å². The Kier molecular flexibility index (Phi) is 4.82. The number of nitro groups is 1. The van der Waals surface area contributed by atoms with Crippen LogP contribution in [-0.4, -0.2) is 21.1 Å². The van der Waals surface area contributed by atoms with Crippen LogP contribution in [0, 0.1) is 10.1 Å². The minimum Gasteiger partial charge on any atom is -0.393 e. The van der Waals surface area contributed by atoms with Gasteiger partial charge >= 0.3 is 0 Å². The fourth-order valence-corrected chi connectivity index (χ4v) is 1.75. The van der Waals surface area contributed by atoms with Crippen LogP contribution in [-0.2, 0) is 6.42 Å². The van der Waals surface area contributed by atoms with Crippen molar-refractivity contribution in [3.8, 4) is 0 Å². The second kappa shape index (κ2) is 5.91. The van der Waals surface area contributed by atoms with Crippen LogP contribution < -0.4 is 0 Å². The minimum atomic E-state index is -0.572. The molecular weight excluding hydrogens is 276 g/mol. The molecule has 1 rings (SSSR count). The molecule has 0 aliphatic heterocycles. The van der Waals surface area contributed by atoms with E-state index in [9.17, 15) is 15.2 Å². The molecule has 0 saturated heterocycles. The third kappa shape index (κ3) is 3.53. The molecule has 0 fully saturated rings. The maximum Gasteiger partial charge on any atom is 0.291 e. The van der Waals surface area contributed by atoms with Crippen molar-refractivity contribution in [2.45, 2.75) is 32.3 Å². The Hall–Kier alpha value is -1.01. The molecule has 1 aromatic rings. The van der Waals surface area contributed by atoms with Gasteiger partial charge in [0.2, 0.25) is 0 Å². The van der Waals surface area contributed by atoms with Crippen molar-refractivity contribution in [1.29, 1.82) is 0 Å². The molecule has 0 amide bonds. The fraction of sp³-hybridized carbons (Fsp3) is 0.500. The Morgan fingerprint density at radius 2 is 2.38 bits per heavy atom. The van der Waals surface area contributed by atoms with Crippen molar-refractivity contribution in [2.24, 2.45) is 0 Å². The number of rotatable bonds is 5. The van der Waals surface area contributed by atoms with Gasteiger partial charge in [-0.2, -0.15) is 0 Å². The quantitative estimate of drug-likeness (QED) is 0.667. The van der Waals surface area contributed by atoms with Gasteiger partial charge in [-0.25, -0.2) is 0 Å². The number of hydrogen-bond acceptors (Lipinski definition) is 4. The zero-order valence-corrected chi connectivity index (χ0v) is 10.5. The lowest BCUT2D eigenvalue weighted by molar-refractivity contribution is -0.386. The van der Waals surface area contributed by atoms with Crippen LogP contribution in [0.3, 0.4) is 0 Å². The Morgan fingerprint density at radius 1 is 1.69 bits per heavy atom. The summed E-state index contributed by atoms with van der Waals surface area (Å²) in [6, 6.07) is 1.40. The van der Waals surface area contributed by atoms with E-state index >= 15 is 0 Å². The molecule has 16 heavy (non-hydrogen) atoms. The van der Waals surface area contributed by atoms with E-state index in [-0.39, 0.29) is 12.1 Å². The van der Waals surface area contributed by atoms with Gasteiger partial charge in [-0.1, -0.05) is 13.3 Å². The van der Waals surface area contributed by atoms with E-state index < -0.39 is 11.0 Å². The highest BCUT2D eigenvalue weighted by Crippen LogP contribution is 2.22. The SMILES string of the molecule is CCCC(O)Cc1ncc(Br)cc1[N+](=O)[O-]. The number of pyridine rings is 1. The van der Waals surface area contributed by atoms with Crippen LogP contribution in [0.25, 0.3) is 0 Å². The molecule has 0 saturated carbocycles. The first-order chi connectivity index (χ1) is 7.54. The van der Waals surface area contributed by atoms with Gasteiger partial charge < -0.3 is 5.11 Å². The van der Waals surface area contributed by atoms with Crippen molar-refractivity contribution in [3.05, 3.63) is 32.5 Å². The van der Waals surface area contributed by atoms with E-state index in [1.54, 1.807) is 0 Å². The van der Waals surface area contributed by atoms with E-state index in [1.807, 2.05) is 6.92 Å². The molecule has 0 aromatic carbocycles. The zero-order valence-electron chi connectivity index (χ0n) is 8.89. The number of halogens is 1. The molecular formula is C10H13BrN2O3. The van der Waals surface area contributed by atoms with Gasteiger partial charge in [-0.05, 0) is 22.4 Å². The first-order valence-corrected chi connectivity index (χ1v) is 5.80. The summed E-state index contributed by atoms with van der Waals surface area (Å²) in [5.41, 5.74) is 0.277. The van der Waals surface area contributed by atoms with Crippen LogP contribution in [0.2, 0.25) is 0 Å². The van der Waals surface area contributed by atoms with E-state index in [2.05, 4.69) is 20.9 Å². The highest BCUT2D eigenvalue weighted by Gasteiger charge is 2.18. The largest absolute Gasteiger partial charge is 0.393 e. The average molecular weight is 289 g/mol. The molecule has 1 atom stereocenters. The number of hydrogen-bond donors (Lipinski definition) is 1. The lowest BCUT2D eigenvalue weighted by Gasteiger charge is -2.08. The van der Waals surface area contributed by atoms with E-state index in [4.69, 9.17) is 0 Å². The first-order valence-electron chi connectivity index (χ1n) is 5.01. The number of aliphatic hydroxyl groups excluding tert-OH is 1. The summed E-state index contributed by atoms with van der Waals surface area (Å²) >= 11 is 3.13. The molecule has 6 heteroatoms. The molecule has 1 aromatic heterocycles. The highest BCUT2D eigenvalue weighted by molar-refractivity contribution is 9.10. The predicted octanol–water partition coefficient (Wildman–Crippen LogP) is 2.46. The predicted molar refractivity (Wildman–Crippen MR) is 63.2 cm³/mol. The standard InChI is InChI=1S/C10H13BrN2O3/c1-2-3-8(14)5-9-10(13(15)16)4-7(11)6-12-9/h4,6,8,14H,2-3,5H2,1H3. The van der Waals surface area contributed by atoms with Crippen LogP contribution in [0.5, 0.6) is 0 Å². The van der Waals surface area contributed by atoms with Crippen LogP contribution >= 0.6 is 15.9 Å².